The van der Waals surface area contributed by atoms with E-state index in [4.69, 9.17) is 0 Å². The van der Waals surface area contributed by atoms with Crippen molar-refractivity contribution in [3.8, 4) is 11.3 Å². The summed E-state index contributed by atoms with van der Waals surface area (Å²) in [6.07, 6.45) is -7.93. The number of hydrogen-bond donors (Lipinski definition) is 0. The number of carbonyl (C=O) groups excluding carboxylic acids is 1. The lowest BCUT2D eigenvalue weighted by atomic mass is 10.1. The molecule has 3 aromatic heterocycles. The van der Waals surface area contributed by atoms with E-state index in [1.165, 1.54) is 4.68 Å². The molecule has 0 N–H and O–H groups in total. The number of piperazine rings is 1. The van der Waals surface area contributed by atoms with Gasteiger partial charge in [0.2, 0.25) is 16.7 Å². The normalized spacial score (nSPS) is 17.1. The fourth-order valence-electron chi connectivity index (χ4n) is 3.87. The van der Waals surface area contributed by atoms with Gasteiger partial charge in [0.25, 0.3) is 0 Å². The number of alkyl halides is 6. The molecule has 1 fully saturated rings. The Kier molecular flexibility index (Phi) is 6.66. The average Bonchev–Trinajstić information content (AvgIpc) is 3.36. The maximum absolute atomic E-state index is 13.5. The Bertz CT molecular complexity index is 1250. The van der Waals surface area contributed by atoms with Crippen LogP contribution in [0.4, 0.5) is 31.3 Å². The van der Waals surface area contributed by atoms with Crippen molar-refractivity contribution in [2.75, 3.05) is 24.5 Å². The number of aromatic nitrogens is 6. The van der Waals surface area contributed by atoms with Crippen molar-refractivity contribution in [2.45, 2.75) is 45.7 Å². The Morgan fingerprint density at radius 1 is 1.06 bits per heavy atom. The number of aryl methyl sites for hydroxylation is 2. The SMILES string of the molecule is Cc1nc(C)n(CC(=O)N2CCN(c3sc(C(F)(F)F)nc3-c3cnc(C(F)(F)F)nc3)C[C@@H]2C)n1. The predicted molar refractivity (Wildman–Crippen MR) is 116 cm³/mol. The quantitative estimate of drug-likeness (QED) is 0.473. The highest BCUT2D eigenvalue weighted by Crippen LogP contribution is 2.43. The molecule has 0 saturated carbocycles. The predicted octanol–water partition coefficient (Wildman–Crippen LogP) is 3.58. The third-order valence-corrected chi connectivity index (χ3v) is 6.67. The Labute approximate surface area is 204 Å². The van der Waals surface area contributed by atoms with E-state index in [1.807, 2.05) is 0 Å². The van der Waals surface area contributed by atoms with E-state index in [-0.39, 0.29) is 54.4 Å². The molecule has 4 rings (SSSR count). The Morgan fingerprint density at radius 2 is 1.72 bits per heavy atom. The molecule has 1 aliphatic rings. The molecular formula is C20H20F6N8OS. The third kappa shape index (κ3) is 5.27. The van der Waals surface area contributed by atoms with Crippen LogP contribution in [0, 0.1) is 13.8 Å². The van der Waals surface area contributed by atoms with Crippen LogP contribution >= 0.6 is 11.3 Å². The van der Waals surface area contributed by atoms with Gasteiger partial charge in [0, 0.05) is 43.6 Å². The van der Waals surface area contributed by atoms with Gasteiger partial charge in [-0.3, -0.25) is 4.79 Å². The number of carbonyl (C=O) groups is 1. The molecule has 16 heteroatoms. The van der Waals surface area contributed by atoms with Crippen LogP contribution in [0.15, 0.2) is 12.4 Å². The van der Waals surface area contributed by atoms with Crippen LogP contribution < -0.4 is 4.90 Å². The monoisotopic (exact) mass is 534 g/mol. The first-order chi connectivity index (χ1) is 16.7. The van der Waals surface area contributed by atoms with Gasteiger partial charge in [-0.2, -0.15) is 31.4 Å². The van der Waals surface area contributed by atoms with Crippen molar-refractivity contribution < 1.29 is 31.1 Å². The molecule has 1 aliphatic heterocycles. The van der Waals surface area contributed by atoms with Crippen molar-refractivity contribution in [3.05, 3.63) is 34.9 Å². The van der Waals surface area contributed by atoms with Crippen molar-refractivity contribution in [1.82, 2.24) is 34.6 Å². The maximum Gasteiger partial charge on any atom is 0.451 e. The minimum absolute atomic E-state index is 0.0239. The van der Waals surface area contributed by atoms with Crippen LogP contribution in [0.1, 0.15) is 29.4 Å². The summed E-state index contributed by atoms with van der Waals surface area (Å²) in [7, 11) is 0. The zero-order valence-corrected chi connectivity index (χ0v) is 20.0. The molecule has 0 unspecified atom stereocenters. The van der Waals surface area contributed by atoms with Crippen molar-refractivity contribution >= 4 is 22.2 Å². The molecule has 4 heterocycles. The van der Waals surface area contributed by atoms with Gasteiger partial charge in [-0.1, -0.05) is 11.3 Å². The molecule has 1 atom stereocenters. The summed E-state index contributed by atoms with van der Waals surface area (Å²) in [6.45, 7) is 5.77. The van der Waals surface area contributed by atoms with Gasteiger partial charge >= 0.3 is 12.4 Å². The van der Waals surface area contributed by atoms with E-state index in [1.54, 1.807) is 30.6 Å². The second-order valence-corrected chi connectivity index (χ2v) is 9.19. The van der Waals surface area contributed by atoms with E-state index >= 15 is 0 Å². The minimum Gasteiger partial charge on any atom is -0.358 e. The maximum atomic E-state index is 13.5. The summed E-state index contributed by atoms with van der Waals surface area (Å²) < 4.78 is 80.3. The smallest absolute Gasteiger partial charge is 0.358 e. The van der Waals surface area contributed by atoms with Crippen LogP contribution in [0.25, 0.3) is 11.3 Å². The first-order valence-corrected chi connectivity index (χ1v) is 11.5. The second kappa shape index (κ2) is 9.29. The number of anilines is 1. The molecule has 3 aromatic rings. The molecule has 0 radical (unpaired) electrons. The lowest BCUT2D eigenvalue weighted by Crippen LogP contribution is -2.54. The van der Waals surface area contributed by atoms with E-state index in [0.29, 0.717) is 23.0 Å². The van der Waals surface area contributed by atoms with Crippen LogP contribution in [0.3, 0.4) is 0 Å². The Morgan fingerprint density at radius 3 is 2.25 bits per heavy atom. The number of halogens is 6. The van der Waals surface area contributed by atoms with Gasteiger partial charge in [0.1, 0.15) is 28.9 Å². The number of thiazole rings is 1. The fraction of sp³-hybridized carbons (Fsp3) is 0.500. The minimum atomic E-state index is -4.79. The Balaban J connectivity index is 1.57. The molecule has 194 valence electrons. The molecular weight excluding hydrogens is 514 g/mol. The summed E-state index contributed by atoms with van der Waals surface area (Å²) in [6, 6.07) is -0.371. The lowest BCUT2D eigenvalue weighted by molar-refractivity contribution is -0.145. The highest BCUT2D eigenvalue weighted by molar-refractivity contribution is 7.16. The number of hydrogen-bond acceptors (Lipinski definition) is 8. The summed E-state index contributed by atoms with van der Waals surface area (Å²) in [5.41, 5.74) is -0.241. The van der Waals surface area contributed by atoms with Gasteiger partial charge in [0.15, 0.2) is 0 Å². The number of rotatable bonds is 4. The third-order valence-electron chi connectivity index (χ3n) is 5.51. The molecule has 36 heavy (non-hydrogen) atoms. The molecule has 0 bridgehead atoms. The average molecular weight is 534 g/mol. The van der Waals surface area contributed by atoms with Gasteiger partial charge in [0.05, 0.1) is 0 Å². The van der Waals surface area contributed by atoms with Crippen molar-refractivity contribution in [2.24, 2.45) is 0 Å². The molecule has 0 spiro atoms. The van der Waals surface area contributed by atoms with E-state index in [9.17, 15) is 31.1 Å². The van der Waals surface area contributed by atoms with Crippen LogP contribution in [0.2, 0.25) is 0 Å². The zero-order chi connectivity index (χ0) is 26.4. The topological polar surface area (TPSA) is 92.9 Å². The van der Waals surface area contributed by atoms with Gasteiger partial charge in [-0.15, -0.1) is 0 Å². The molecule has 0 aliphatic carbocycles. The standard InChI is InChI=1S/C20H20F6N8OS/c1-10-8-32(4-5-33(10)14(35)9-34-12(3)29-11(2)31-34)16-15(30-18(36-16)20(24,25)26)13-6-27-17(28-7-13)19(21,22)23/h6-7,10H,4-5,8-9H2,1-3H3/t10-/m0/s1. The molecule has 0 aromatic carbocycles. The second-order valence-electron chi connectivity index (χ2n) is 8.21. The highest BCUT2D eigenvalue weighted by Gasteiger charge is 2.39. The van der Waals surface area contributed by atoms with Crippen molar-refractivity contribution in [3.63, 3.8) is 0 Å². The van der Waals surface area contributed by atoms with Gasteiger partial charge in [-0.25, -0.2) is 24.6 Å². The molecule has 1 saturated heterocycles. The Hall–Kier alpha value is -3.30. The summed E-state index contributed by atoms with van der Waals surface area (Å²) in [4.78, 5) is 30.4. The van der Waals surface area contributed by atoms with Crippen LogP contribution in [-0.2, 0) is 23.7 Å². The molecule has 1 amide bonds. The van der Waals surface area contributed by atoms with E-state index in [2.05, 4.69) is 25.0 Å². The van der Waals surface area contributed by atoms with E-state index < -0.39 is 23.2 Å². The molecule has 9 nitrogen and oxygen atoms in total. The summed E-state index contributed by atoms with van der Waals surface area (Å²) in [5, 5.41) is 3.15. The highest BCUT2D eigenvalue weighted by atomic mass is 32.1. The first kappa shape index (κ1) is 25.8. The van der Waals surface area contributed by atoms with Crippen molar-refractivity contribution in [1.29, 1.82) is 0 Å². The number of amides is 1. The fourth-order valence-corrected chi connectivity index (χ4v) is 4.87. The first-order valence-electron chi connectivity index (χ1n) is 10.6. The van der Waals surface area contributed by atoms with Gasteiger partial charge in [-0.05, 0) is 20.8 Å². The summed E-state index contributed by atoms with van der Waals surface area (Å²) in [5.74, 6) is -0.507. The number of nitrogens with zero attached hydrogens (tertiary/aromatic N) is 8. The van der Waals surface area contributed by atoms with Crippen LogP contribution in [-0.4, -0.2) is 66.2 Å². The largest absolute Gasteiger partial charge is 0.451 e. The zero-order valence-electron chi connectivity index (χ0n) is 19.2. The van der Waals surface area contributed by atoms with Gasteiger partial charge < -0.3 is 9.80 Å². The van der Waals surface area contributed by atoms with E-state index in [0.717, 1.165) is 12.4 Å². The summed E-state index contributed by atoms with van der Waals surface area (Å²) >= 11 is 0.383. The van der Waals surface area contributed by atoms with Crippen LogP contribution in [0.5, 0.6) is 0 Å². The lowest BCUT2D eigenvalue weighted by Gasteiger charge is -2.40.